The Labute approximate surface area is 213 Å². The number of aromatic nitrogens is 1. The third-order valence-electron chi connectivity index (χ3n) is 6.50. The Kier molecular flexibility index (Phi) is 6.54. The van der Waals surface area contributed by atoms with Crippen LogP contribution in [0, 0.1) is 0 Å². The molecule has 36 heavy (non-hydrogen) atoms. The van der Waals surface area contributed by atoms with Crippen LogP contribution in [0.3, 0.4) is 0 Å². The van der Waals surface area contributed by atoms with E-state index in [1.54, 1.807) is 19.1 Å². The van der Waals surface area contributed by atoms with Gasteiger partial charge in [-0.15, -0.1) is 11.3 Å². The third-order valence-corrected chi connectivity index (χ3v) is 9.46. The topological polar surface area (TPSA) is 111 Å². The molecule has 2 fully saturated rings. The molecular weight excluding hydrogens is 500 g/mol. The largest absolute Gasteiger partial charge is 0.477 e. The number of carbonyl (C=O) groups is 2. The monoisotopic (exact) mass is 526 g/mol. The van der Waals surface area contributed by atoms with Crippen molar-refractivity contribution in [3.8, 4) is 10.4 Å². The predicted molar refractivity (Wildman–Crippen MR) is 138 cm³/mol. The van der Waals surface area contributed by atoms with E-state index in [0.717, 1.165) is 57.8 Å². The first-order chi connectivity index (χ1) is 17.3. The Balaban J connectivity index is 1.39. The summed E-state index contributed by atoms with van der Waals surface area (Å²) >= 11 is 1.10. The van der Waals surface area contributed by atoms with Gasteiger partial charge in [0.2, 0.25) is 15.9 Å². The second-order valence-corrected chi connectivity index (χ2v) is 11.9. The highest BCUT2D eigenvalue weighted by molar-refractivity contribution is 7.89. The highest BCUT2D eigenvalue weighted by atomic mass is 32.2. The Morgan fingerprint density at radius 1 is 1.11 bits per heavy atom. The smallest absolute Gasteiger partial charge is 0.348 e. The number of sulfonamides is 1. The van der Waals surface area contributed by atoms with Gasteiger partial charge in [0.05, 0.1) is 12.2 Å². The molecule has 0 aliphatic carbocycles. The van der Waals surface area contributed by atoms with Crippen molar-refractivity contribution in [2.75, 3.05) is 36.0 Å². The lowest BCUT2D eigenvalue weighted by Gasteiger charge is -2.38. The Morgan fingerprint density at radius 3 is 2.44 bits per heavy atom. The molecule has 11 heteroatoms. The molecule has 4 heterocycles. The first-order valence-corrected chi connectivity index (χ1v) is 14.0. The van der Waals surface area contributed by atoms with E-state index < -0.39 is 27.9 Å². The standard InChI is InChI=1S/C25H26N4O5S2/c1-17-15-28(36(33,34)19-9-10-22(26-14-19)27-11-5-6-12-27)16-23(30)29(17)20-13-21(35-24(20)25(31)32)18-7-3-2-4-8-18/h2-4,7-10,13-14,17H,5-6,11-12,15-16H2,1H3,(H,31,32)/t17-/m1/s1. The zero-order chi connectivity index (χ0) is 25.4. The second-order valence-electron chi connectivity index (χ2n) is 8.95. The lowest BCUT2D eigenvalue weighted by atomic mass is 10.1. The summed E-state index contributed by atoms with van der Waals surface area (Å²) in [5.41, 5.74) is 1.14. The van der Waals surface area contributed by atoms with E-state index in [1.165, 1.54) is 17.2 Å². The number of pyridine rings is 1. The number of aromatic carboxylic acids is 1. The van der Waals surface area contributed by atoms with Gasteiger partial charge < -0.3 is 14.9 Å². The van der Waals surface area contributed by atoms with E-state index >= 15 is 0 Å². The van der Waals surface area contributed by atoms with Gasteiger partial charge in [-0.2, -0.15) is 4.31 Å². The highest BCUT2D eigenvalue weighted by Gasteiger charge is 2.39. The number of thiophene rings is 1. The second kappa shape index (κ2) is 9.64. The molecule has 9 nitrogen and oxygen atoms in total. The van der Waals surface area contributed by atoms with Crippen molar-refractivity contribution in [1.82, 2.24) is 9.29 Å². The number of anilines is 2. The van der Waals surface area contributed by atoms with E-state index in [-0.39, 0.29) is 28.5 Å². The van der Waals surface area contributed by atoms with Gasteiger partial charge in [0.15, 0.2) is 0 Å². The van der Waals surface area contributed by atoms with Crippen molar-refractivity contribution >= 4 is 44.7 Å². The van der Waals surface area contributed by atoms with Crippen LogP contribution in [0.25, 0.3) is 10.4 Å². The number of rotatable bonds is 6. The number of nitrogens with zero attached hydrogens (tertiary/aromatic N) is 4. The summed E-state index contributed by atoms with van der Waals surface area (Å²) in [6.07, 6.45) is 3.52. The maximum Gasteiger partial charge on any atom is 0.348 e. The van der Waals surface area contributed by atoms with Gasteiger partial charge in [-0.3, -0.25) is 4.79 Å². The molecule has 188 valence electrons. The number of hydrogen-bond acceptors (Lipinski definition) is 7. The van der Waals surface area contributed by atoms with Crippen LogP contribution < -0.4 is 9.80 Å². The molecule has 5 rings (SSSR count). The van der Waals surface area contributed by atoms with Gasteiger partial charge in [-0.05, 0) is 43.5 Å². The minimum Gasteiger partial charge on any atom is -0.477 e. The van der Waals surface area contributed by atoms with Crippen LogP contribution in [0.15, 0.2) is 59.6 Å². The molecule has 0 saturated carbocycles. The first kappa shape index (κ1) is 24.4. The molecule has 1 atom stereocenters. The van der Waals surface area contributed by atoms with E-state index in [2.05, 4.69) is 9.88 Å². The minimum absolute atomic E-state index is 0.0343. The highest BCUT2D eigenvalue weighted by Crippen LogP contribution is 2.39. The van der Waals surface area contributed by atoms with Crippen LogP contribution in [0.1, 0.15) is 29.4 Å². The van der Waals surface area contributed by atoms with E-state index in [4.69, 9.17) is 0 Å². The summed E-state index contributed by atoms with van der Waals surface area (Å²) < 4.78 is 27.8. The van der Waals surface area contributed by atoms with Crippen molar-refractivity contribution in [3.63, 3.8) is 0 Å². The number of carboxylic acids is 1. The van der Waals surface area contributed by atoms with Gasteiger partial charge in [0.25, 0.3) is 0 Å². The Bertz CT molecular complexity index is 1380. The van der Waals surface area contributed by atoms with Gasteiger partial charge in [-0.25, -0.2) is 18.2 Å². The number of hydrogen-bond donors (Lipinski definition) is 1. The summed E-state index contributed by atoms with van der Waals surface area (Å²) in [6.45, 7) is 3.19. The normalized spacial score (nSPS) is 19.1. The SMILES string of the molecule is C[C@@H]1CN(S(=O)(=O)c2ccc(N3CCCC3)nc2)CC(=O)N1c1cc(-c2ccccc2)sc1C(=O)O. The summed E-state index contributed by atoms with van der Waals surface area (Å²) in [5, 5.41) is 9.82. The number of amides is 1. The van der Waals surface area contributed by atoms with Gasteiger partial charge in [-0.1, -0.05) is 30.3 Å². The lowest BCUT2D eigenvalue weighted by Crippen LogP contribution is -2.57. The summed E-state index contributed by atoms with van der Waals surface area (Å²) in [5.74, 6) is -0.858. The van der Waals surface area contributed by atoms with Crippen LogP contribution in [0.2, 0.25) is 0 Å². The molecular formula is C25H26N4O5S2. The van der Waals surface area contributed by atoms with Crippen molar-refractivity contribution in [2.24, 2.45) is 0 Å². The predicted octanol–water partition coefficient (Wildman–Crippen LogP) is 3.53. The lowest BCUT2D eigenvalue weighted by molar-refractivity contribution is -0.120. The Morgan fingerprint density at radius 2 is 1.83 bits per heavy atom. The average molecular weight is 527 g/mol. The van der Waals surface area contributed by atoms with Gasteiger partial charge in [0, 0.05) is 36.8 Å². The van der Waals surface area contributed by atoms with Crippen LogP contribution >= 0.6 is 11.3 Å². The number of carbonyl (C=O) groups excluding carboxylic acids is 1. The summed E-state index contributed by atoms with van der Waals surface area (Å²) in [7, 11) is -3.95. The van der Waals surface area contributed by atoms with Crippen molar-refractivity contribution in [3.05, 3.63) is 59.6 Å². The quantitative estimate of drug-likeness (QED) is 0.523. The maximum absolute atomic E-state index is 13.3. The van der Waals surface area contributed by atoms with Crippen LogP contribution in [0.4, 0.5) is 11.5 Å². The minimum atomic E-state index is -3.95. The fraction of sp³-hybridized carbons (Fsp3) is 0.320. The van der Waals surface area contributed by atoms with Crippen molar-refractivity contribution in [1.29, 1.82) is 0 Å². The third kappa shape index (κ3) is 4.49. The zero-order valence-corrected chi connectivity index (χ0v) is 21.3. The molecule has 1 N–H and O–H groups in total. The average Bonchev–Trinajstić information content (AvgIpc) is 3.55. The van der Waals surface area contributed by atoms with E-state index in [0.29, 0.717) is 0 Å². The molecule has 1 amide bonds. The zero-order valence-electron chi connectivity index (χ0n) is 19.7. The molecule has 1 aromatic carbocycles. The molecule has 3 aromatic rings. The van der Waals surface area contributed by atoms with Crippen LogP contribution in [-0.4, -0.2) is 66.9 Å². The van der Waals surface area contributed by atoms with E-state index in [9.17, 15) is 23.1 Å². The molecule has 0 unspecified atom stereocenters. The molecule has 0 radical (unpaired) electrons. The van der Waals surface area contributed by atoms with Crippen molar-refractivity contribution < 1.29 is 23.1 Å². The van der Waals surface area contributed by atoms with E-state index in [1.807, 2.05) is 30.3 Å². The van der Waals surface area contributed by atoms with Gasteiger partial charge >= 0.3 is 5.97 Å². The fourth-order valence-corrected chi connectivity index (χ4v) is 7.14. The number of piperazine rings is 1. The fourth-order valence-electron chi connectivity index (χ4n) is 4.73. The molecule has 0 spiro atoms. The van der Waals surface area contributed by atoms with Crippen LogP contribution in [0.5, 0.6) is 0 Å². The molecule has 2 aliphatic rings. The molecule has 2 aliphatic heterocycles. The summed E-state index contributed by atoms with van der Waals surface area (Å²) in [6, 6.07) is 13.7. The summed E-state index contributed by atoms with van der Waals surface area (Å²) in [4.78, 5) is 33.9. The van der Waals surface area contributed by atoms with Gasteiger partial charge in [0.1, 0.15) is 15.6 Å². The Hall–Kier alpha value is -3.28. The number of carboxylic acid groups (broad SMARTS) is 1. The van der Waals surface area contributed by atoms with Crippen molar-refractivity contribution in [2.45, 2.75) is 30.7 Å². The van der Waals surface area contributed by atoms with Crippen LogP contribution in [-0.2, 0) is 14.8 Å². The molecule has 2 aromatic heterocycles. The molecule has 0 bridgehead atoms. The first-order valence-electron chi connectivity index (χ1n) is 11.7. The maximum atomic E-state index is 13.3. The number of benzene rings is 1. The molecule has 2 saturated heterocycles.